The summed E-state index contributed by atoms with van der Waals surface area (Å²) in [6.07, 6.45) is 0.804. The summed E-state index contributed by atoms with van der Waals surface area (Å²) in [5.41, 5.74) is 0.946. The summed E-state index contributed by atoms with van der Waals surface area (Å²) in [5, 5.41) is 0. The summed E-state index contributed by atoms with van der Waals surface area (Å²) in [6, 6.07) is 6.92. The second-order valence-electron chi connectivity index (χ2n) is 4.37. The predicted octanol–water partition coefficient (Wildman–Crippen LogP) is 1.65. The second kappa shape index (κ2) is 7.74. The van der Waals surface area contributed by atoms with E-state index in [-0.39, 0.29) is 12.4 Å². The molecule has 0 saturated carbocycles. The summed E-state index contributed by atoms with van der Waals surface area (Å²) in [6.45, 7) is 3.22. The van der Waals surface area contributed by atoms with E-state index < -0.39 is 10.0 Å². The third-order valence-electron chi connectivity index (χ3n) is 2.37. The average Bonchev–Trinajstić information content (AvgIpc) is 2.24. The molecule has 0 spiro atoms. The fourth-order valence-corrected chi connectivity index (χ4v) is 2.65. The number of nitrogens with one attached hydrogen (secondary N) is 1. The molecule has 0 unspecified atom stereocenters. The molecule has 1 aromatic carbocycles. The van der Waals surface area contributed by atoms with Gasteiger partial charge in [0.1, 0.15) is 0 Å². The summed E-state index contributed by atoms with van der Waals surface area (Å²) in [7, 11) is 0.585. The molecular formula is C12H21ClN2O2S. The van der Waals surface area contributed by atoms with Gasteiger partial charge in [-0.3, -0.25) is 0 Å². The van der Waals surface area contributed by atoms with Crippen molar-refractivity contribution in [2.24, 2.45) is 0 Å². The predicted molar refractivity (Wildman–Crippen MR) is 76.8 cm³/mol. The molecule has 0 radical (unpaired) electrons. The fourth-order valence-electron chi connectivity index (χ4n) is 1.47. The van der Waals surface area contributed by atoms with Crippen LogP contribution >= 0.6 is 12.4 Å². The highest BCUT2D eigenvalue weighted by Crippen LogP contribution is 2.10. The molecule has 1 rings (SSSR count). The molecule has 1 N–H and O–H groups in total. The van der Waals surface area contributed by atoms with Crippen LogP contribution in [0.2, 0.25) is 0 Å². The van der Waals surface area contributed by atoms with Crippen molar-refractivity contribution in [1.29, 1.82) is 0 Å². The van der Waals surface area contributed by atoms with Gasteiger partial charge in [0.2, 0.25) is 10.0 Å². The first-order valence-electron chi connectivity index (χ1n) is 5.63. The highest BCUT2D eigenvalue weighted by Gasteiger charge is 2.12. The minimum Gasteiger partial charge on any atom is -0.309 e. The summed E-state index contributed by atoms with van der Waals surface area (Å²) in [4.78, 5) is 2.36. The lowest BCUT2D eigenvalue weighted by Gasteiger charge is -2.10. The Kier molecular flexibility index (Phi) is 7.47. The topological polar surface area (TPSA) is 49.4 Å². The number of hydrogen-bond donors (Lipinski definition) is 1. The normalized spacial score (nSPS) is 11.3. The molecule has 1 aromatic rings. The fraction of sp³-hybridized carbons (Fsp3) is 0.500. The van der Waals surface area contributed by atoms with Crippen molar-refractivity contribution in [2.75, 3.05) is 27.2 Å². The zero-order valence-electron chi connectivity index (χ0n) is 11.0. The number of aryl methyl sites for hydroxylation is 1. The number of benzene rings is 1. The van der Waals surface area contributed by atoms with Gasteiger partial charge >= 0.3 is 0 Å². The Morgan fingerprint density at radius 2 is 1.94 bits per heavy atom. The SMILES string of the molecule is Cc1cccc(S(=O)(=O)NCCCN(C)C)c1.Cl. The van der Waals surface area contributed by atoms with Crippen LogP contribution in [0.4, 0.5) is 0 Å². The van der Waals surface area contributed by atoms with E-state index in [0.29, 0.717) is 11.4 Å². The van der Waals surface area contributed by atoms with Gasteiger partial charge in [0.05, 0.1) is 4.90 Å². The molecule has 0 atom stereocenters. The van der Waals surface area contributed by atoms with E-state index in [9.17, 15) is 8.42 Å². The zero-order chi connectivity index (χ0) is 12.9. The van der Waals surface area contributed by atoms with Gasteiger partial charge in [-0.05, 0) is 51.7 Å². The molecule has 0 aliphatic heterocycles. The average molecular weight is 293 g/mol. The van der Waals surface area contributed by atoms with Crippen LogP contribution in [-0.2, 0) is 10.0 Å². The van der Waals surface area contributed by atoms with E-state index in [2.05, 4.69) is 4.72 Å². The quantitative estimate of drug-likeness (QED) is 0.811. The standard InChI is InChI=1S/C12H20N2O2S.ClH/c1-11-6-4-7-12(10-11)17(15,16)13-8-5-9-14(2)3;/h4,6-7,10,13H,5,8-9H2,1-3H3;1H. The lowest BCUT2D eigenvalue weighted by atomic mass is 10.2. The third-order valence-corrected chi connectivity index (χ3v) is 3.83. The minimum atomic E-state index is -3.35. The van der Waals surface area contributed by atoms with Crippen molar-refractivity contribution in [3.05, 3.63) is 29.8 Å². The minimum absolute atomic E-state index is 0. The lowest BCUT2D eigenvalue weighted by Crippen LogP contribution is -2.27. The molecule has 0 aliphatic carbocycles. The molecule has 0 aromatic heterocycles. The van der Waals surface area contributed by atoms with Crippen LogP contribution in [0, 0.1) is 6.92 Å². The van der Waals surface area contributed by atoms with Gasteiger partial charge in [-0.2, -0.15) is 0 Å². The largest absolute Gasteiger partial charge is 0.309 e. The van der Waals surface area contributed by atoms with E-state index in [1.807, 2.05) is 32.0 Å². The first kappa shape index (κ1) is 17.4. The number of sulfonamides is 1. The Morgan fingerprint density at radius 3 is 2.50 bits per heavy atom. The van der Waals surface area contributed by atoms with Crippen LogP contribution in [0.15, 0.2) is 29.2 Å². The van der Waals surface area contributed by atoms with E-state index in [1.165, 1.54) is 0 Å². The molecule has 0 saturated heterocycles. The second-order valence-corrected chi connectivity index (χ2v) is 6.14. The maximum Gasteiger partial charge on any atom is 0.240 e. The van der Waals surface area contributed by atoms with Gasteiger partial charge in [0, 0.05) is 6.54 Å². The summed E-state index contributed by atoms with van der Waals surface area (Å²) < 4.78 is 26.4. The first-order valence-corrected chi connectivity index (χ1v) is 7.11. The molecule has 0 aliphatic rings. The van der Waals surface area contributed by atoms with Crippen LogP contribution in [0.25, 0.3) is 0 Å². The third kappa shape index (κ3) is 5.82. The number of halogens is 1. The van der Waals surface area contributed by atoms with Crippen molar-refractivity contribution in [3.8, 4) is 0 Å². The Hall–Kier alpha value is -0.620. The molecule has 0 bridgehead atoms. The van der Waals surface area contributed by atoms with Crippen molar-refractivity contribution in [1.82, 2.24) is 9.62 Å². The highest BCUT2D eigenvalue weighted by atomic mass is 35.5. The molecule has 0 amide bonds. The number of nitrogens with zero attached hydrogens (tertiary/aromatic N) is 1. The number of hydrogen-bond acceptors (Lipinski definition) is 3. The summed E-state index contributed by atoms with van der Waals surface area (Å²) in [5.74, 6) is 0. The van der Waals surface area contributed by atoms with E-state index >= 15 is 0 Å². The summed E-state index contributed by atoms with van der Waals surface area (Å²) >= 11 is 0. The van der Waals surface area contributed by atoms with E-state index in [4.69, 9.17) is 0 Å². The Morgan fingerprint density at radius 1 is 1.28 bits per heavy atom. The Labute approximate surface area is 116 Å². The monoisotopic (exact) mass is 292 g/mol. The van der Waals surface area contributed by atoms with Crippen molar-refractivity contribution >= 4 is 22.4 Å². The molecule has 0 heterocycles. The molecule has 0 fully saturated rings. The number of rotatable bonds is 6. The molecule has 4 nitrogen and oxygen atoms in total. The van der Waals surface area contributed by atoms with E-state index in [1.54, 1.807) is 18.2 Å². The van der Waals surface area contributed by atoms with Crippen molar-refractivity contribution < 1.29 is 8.42 Å². The van der Waals surface area contributed by atoms with Crippen molar-refractivity contribution in [2.45, 2.75) is 18.2 Å². The van der Waals surface area contributed by atoms with Crippen LogP contribution in [0.3, 0.4) is 0 Å². The van der Waals surface area contributed by atoms with E-state index in [0.717, 1.165) is 18.5 Å². The van der Waals surface area contributed by atoms with Gasteiger partial charge < -0.3 is 4.90 Å². The van der Waals surface area contributed by atoms with Crippen LogP contribution in [0.1, 0.15) is 12.0 Å². The first-order chi connectivity index (χ1) is 7.92. The van der Waals surface area contributed by atoms with Crippen LogP contribution < -0.4 is 4.72 Å². The van der Waals surface area contributed by atoms with Gasteiger partial charge in [0.25, 0.3) is 0 Å². The zero-order valence-corrected chi connectivity index (χ0v) is 12.6. The lowest BCUT2D eigenvalue weighted by molar-refractivity contribution is 0.400. The van der Waals surface area contributed by atoms with Gasteiger partial charge in [-0.25, -0.2) is 13.1 Å². The Bertz CT molecular complexity index is 461. The van der Waals surface area contributed by atoms with Crippen LogP contribution in [-0.4, -0.2) is 40.5 Å². The van der Waals surface area contributed by atoms with Gasteiger partial charge in [-0.15, -0.1) is 12.4 Å². The molecular weight excluding hydrogens is 272 g/mol. The van der Waals surface area contributed by atoms with Gasteiger partial charge in [0.15, 0.2) is 0 Å². The maximum absolute atomic E-state index is 11.9. The van der Waals surface area contributed by atoms with Crippen LogP contribution in [0.5, 0.6) is 0 Å². The molecule has 104 valence electrons. The highest BCUT2D eigenvalue weighted by molar-refractivity contribution is 7.89. The maximum atomic E-state index is 11.9. The molecule has 18 heavy (non-hydrogen) atoms. The Balaban J connectivity index is 0.00000289. The van der Waals surface area contributed by atoms with Crippen molar-refractivity contribution in [3.63, 3.8) is 0 Å². The smallest absolute Gasteiger partial charge is 0.240 e. The molecule has 6 heteroatoms. The van der Waals surface area contributed by atoms with Gasteiger partial charge in [-0.1, -0.05) is 12.1 Å².